The largest absolute Gasteiger partial charge is 0.281 e. The zero-order valence-corrected chi connectivity index (χ0v) is 9.85. The minimum absolute atomic E-state index is 0.326. The Morgan fingerprint density at radius 1 is 1.43 bits per heavy atom. The SMILES string of the molecule is CCCC#CCN=C1CC(C)C1(C)C. The summed E-state index contributed by atoms with van der Waals surface area (Å²) in [5, 5.41) is 0. The van der Waals surface area contributed by atoms with Crippen molar-refractivity contribution in [3.05, 3.63) is 0 Å². The minimum atomic E-state index is 0.326. The summed E-state index contributed by atoms with van der Waals surface area (Å²) < 4.78 is 0. The van der Waals surface area contributed by atoms with Crippen LogP contribution in [0.25, 0.3) is 0 Å². The van der Waals surface area contributed by atoms with E-state index in [1.165, 1.54) is 12.1 Å². The first-order valence-electron chi connectivity index (χ1n) is 5.58. The van der Waals surface area contributed by atoms with Crippen molar-refractivity contribution in [2.24, 2.45) is 16.3 Å². The topological polar surface area (TPSA) is 12.4 Å². The van der Waals surface area contributed by atoms with Crippen molar-refractivity contribution < 1.29 is 0 Å². The van der Waals surface area contributed by atoms with Crippen LogP contribution in [0.5, 0.6) is 0 Å². The molecule has 78 valence electrons. The third-order valence-corrected chi connectivity index (χ3v) is 3.32. The van der Waals surface area contributed by atoms with Gasteiger partial charge in [0.25, 0.3) is 0 Å². The maximum absolute atomic E-state index is 4.55. The van der Waals surface area contributed by atoms with Crippen LogP contribution >= 0.6 is 0 Å². The molecule has 0 aromatic heterocycles. The van der Waals surface area contributed by atoms with E-state index in [1.54, 1.807) is 0 Å². The van der Waals surface area contributed by atoms with Crippen molar-refractivity contribution in [3.8, 4) is 11.8 Å². The maximum atomic E-state index is 4.55. The Balaban J connectivity index is 2.38. The lowest BCUT2D eigenvalue weighted by Crippen LogP contribution is -2.43. The summed E-state index contributed by atoms with van der Waals surface area (Å²) in [6.07, 6.45) is 3.32. The van der Waals surface area contributed by atoms with Gasteiger partial charge in [-0.05, 0) is 18.8 Å². The van der Waals surface area contributed by atoms with E-state index in [0.29, 0.717) is 12.0 Å². The second-order valence-electron chi connectivity index (χ2n) is 4.69. The van der Waals surface area contributed by atoms with Crippen LogP contribution in [0.2, 0.25) is 0 Å². The van der Waals surface area contributed by atoms with Gasteiger partial charge in [0.1, 0.15) is 0 Å². The van der Waals surface area contributed by atoms with Crippen molar-refractivity contribution in [1.82, 2.24) is 0 Å². The van der Waals surface area contributed by atoms with E-state index >= 15 is 0 Å². The van der Waals surface area contributed by atoms with Gasteiger partial charge in [-0.3, -0.25) is 4.99 Å². The molecule has 0 heterocycles. The molecule has 1 nitrogen and oxygen atoms in total. The fraction of sp³-hybridized carbons (Fsp3) is 0.769. The average Bonchev–Trinajstić information content (AvgIpc) is 2.16. The molecule has 1 atom stereocenters. The van der Waals surface area contributed by atoms with Gasteiger partial charge in [-0.1, -0.05) is 33.6 Å². The minimum Gasteiger partial charge on any atom is -0.281 e. The van der Waals surface area contributed by atoms with Gasteiger partial charge in [0.15, 0.2) is 0 Å². The van der Waals surface area contributed by atoms with Crippen LogP contribution in [0.3, 0.4) is 0 Å². The van der Waals surface area contributed by atoms with E-state index in [-0.39, 0.29) is 0 Å². The standard InChI is InChI=1S/C13H21N/c1-5-6-7-8-9-14-12-10-11(2)13(12,3)4/h11H,5-6,9-10H2,1-4H3. The van der Waals surface area contributed by atoms with Gasteiger partial charge in [-0.25, -0.2) is 0 Å². The molecule has 14 heavy (non-hydrogen) atoms. The van der Waals surface area contributed by atoms with Crippen LogP contribution in [0.4, 0.5) is 0 Å². The summed E-state index contributed by atoms with van der Waals surface area (Å²) in [5.74, 6) is 7.00. The van der Waals surface area contributed by atoms with E-state index in [2.05, 4.69) is 44.5 Å². The molecule has 0 aromatic rings. The highest BCUT2D eigenvalue weighted by Crippen LogP contribution is 2.42. The first-order valence-corrected chi connectivity index (χ1v) is 5.58. The van der Waals surface area contributed by atoms with Crippen molar-refractivity contribution in [2.45, 2.75) is 47.0 Å². The van der Waals surface area contributed by atoms with Crippen LogP contribution in [-0.4, -0.2) is 12.3 Å². The normalized spacial score (nSPS) is 26.6. The molecular weight excluding hydrogens is 170 g/mol. The molecule has 0 amide bonds. The third-order valence-electron chi connectivity index (χ3n) is 3.32. The van der Waals surface area contributed by atoms with Gasteiger partial charge < -0.3 is 0 Å². The van der Waals surface area contributed by atoms with Crippen molar-refractivity contribution in [1.29, 1.82) is 0 Å². The molecule has 0 aliphatic heterocycles. The molecular formula is C13H21N. The van der Waals surface area contributed by atoms with Crippen molar-refractivity contribution >= 4 is 5.71 Å². The van der Waals surface area contributed by atoms with Crippen LogP contribution in [0.1, 0.15) is 47.0 Å². The highest BCUT2D eigenvalue weighted by atomic mass is 14.8. The van der Waals surface area contributed by atoms with Crippen LogP contribution in [-0.2, 0) is 0 Å². The number of hydrogen-bond donors (Lipinski definition) is 0. The molecule has 0 bridgehead atoms. The number of aliphatic imine (C=N–C) groups is 1. The molecule has 0 radical (unpaired) electrons. The Hall–Kier alpha value is -0.770. The first kappa shape index (κ1) is 11.3. The second kappa shape index (κ2) is 4.64. The Kier molecular flexibility index (Phi) is 3.75. The molecule has 1 fully saturated rings. The second-order valence-corrected chi connectivity index (χ2v) is 4.69. The summed E-state index contributed by atoms with van der Waals surface area (Å²) >= 11 is 0. The molecule has 0 N–H and O–H groups in total. The predicted octanol–water partition coefficient (Wildman–Crippen LogP) is 3.30. The summed E-state index contributed by atoms with van der Waals surface area (Å²) in [5.41, 5.74) is 1.68. The van der Waals surface area contributed by atoms with Crippen LogP contribution in [0.15, 0.2) is 4.99 Å². The maximum Gasteiger partial charge on any atom is 0.0997 e. The zero-order valence-electron chi connectivity index (χ0n) is 9.85. The van der Waals surface area contributed by atoms with Crippen molar-refractivity contribution in [3.63, 3.8) is 0 Å². The van der Waals surface area contributed by atoms with Gasteiger partial charge >= 0.3 is 0 Å². The molecule has 1 aliphatic rings. The van der Waals surface area contributed by atoms with E-state index in [4.69, 9.17) is 0 Å². The lowest BCUT2D eigenvalue weighted by atomic mass is 9.62. The van der Waals surface area contributed by atoms with Gasteiger partial charge in [0, 0.05) is 17.5 Å². The average molecular weight is 191 g/mol. The molecule has 1 unspecified atom stereocenters. The van der Waals surface area contributed by atoms with Gasteiger partial charge in [-0.2, -0.15) is 0 Å². The first-order chi connectivity index (χ1) is 6.59. The van der Waals surface area contributed by atoms with Crippen LogP contribution < -0.4 is 0 Å². The highest BCUT2D eigenvalue weighted by Gasteiger charge is 2.41. The van der Waals surface area contributed by atoms with Gasteiger partial charge in [-0.15, -0.1) is 5.92 Å². The molecule has 1 aliphatic carbocycles. The van der Waals surface area contributed by atoms with Crippen LogP contribution in [0, 0.1) is 23.2 Å². The Bertz CT molecular complexity index is 275. The van der Waals surface area contributed by atoms with Gasteiger partial charge in [0.05, 0.1) is 6.54 Å². The highest BCUT2D eigenvalue weighted by molar-refractivity contribution is 5.95. The monoisotopic (exact) mass is 191 g/mol. The number of unbranched alkanes of at least 4 members (excludes halogenated alkanes) is 1. The lowest BCUT2D eigenvalue weighted by molar-refractivity contribution is 0.272. The van der Waals surface area contributed by atoms with E-state index in [9.17, 15) is 0 Å². The molecule has 0 aromatic carbocycles. The number of hydrogen-bond acceptors (Lipinski definition) is 1. The van der Waals surface area contributed by atoms with E-state index < -0.39 is 0 Å². The lowest BCUT2D eigenvalue weighted by Gasteiger charge is -2.44. The molecule has 0 saturated heterocycles. The molecule has 1 saturated carbocycles. The van der Waals surface area contributed by atoms with Crippen molar-refractivity contribution in [2.75, 3.05) is 6.54 Å². The molecule has 0 spiro atoms. The summed E-state index contributed by atoms with van der Waals surface area (Å²) in [7, 11) is 0. The molecule has 1 heteroatoms. The zero-order chi connectivity index (χ0) is 10.6. The summed E-state index contributed by atoms with van der Waals surface area (Å²) in [4.78, 5) is 4.55. The van der Waals surface area contributed by atoms with E-state index in [1.807, 2.05) is 0 Å². The smallest absolute Gasteiger partial charge is 0.0997 e. The Morgan fingerprint density at radius 2 is 2.14 bits per heavy atom. The fourth-order valence-electron chi connectivity index (χ4n) is 1.63. The quantitative estimate of drug-likeness (QED) is 0.594. The van der Waals surface area contributed by atoms with E-state index in [0.717, 1.165) is 18.8 Å². The van der Waals surface area contributed by atoms with Gasteiger partial charge in [0.2, 0.25) is 0 Å². The Morgan fingerprint density at radius 3 is 2.64 bits per heavy atom. The molecule has 1 rings (SSSR count). The summed E-state index contributed by atoms with van der Waals surface area (Å²) in [6, 6.07) is 0. The number of rotatable bonds is 2. The third kappa shape index (κ3) is 2.38. The fourth-order valence-corrected chi connectivity index (χ4v) is 1.63. The number of nitrogens with zero attached hydrogens (tertiary/aromatic N) is 1. The predicted molar refractivity (Wildman–Crippen MR) is 62.5 cm³/mol. The Labute approximate surface area is 88.0 Å². The summed E-state index contributed by atoms with van der Waals surface area (Å²) in [6.45, 7) is 9.70.